The Kier molecular flexibility index (Phi) is 4.49. The Labute approximate surface area is 153 Å². The minimum absolute atomic E-state index is 0.0387. The van der Waals surface area contributed by atoms with Crippen LogP contribution in [0.3, 0.4) is 0 Å². The molecule has 0 aromatic heterocycles. The highest BCUT2D eigenvalue weighted by Crippen LogP contribution is 2.53. The van der Waals surface area contributed by atoms with E-state index in [0.717, 1.165) is 6.07 Å². The summed E-state index contributed by atoms with van der Waals surface area (Å²) in [5, 5.41) is 2.35. The first-order valence-corrected chi connectivity index (χ1v) is 7.85. The van der Waals surface area contributed by atoms with Crippen LogP contribution in [-0.2, 0) is 18.0 Å². The van der Waals surface area contributed by atoms with Gasteiger partial charge in [0, 0.05) is 21.8 Å². The van der Waals surface area contributed by atoms with Gasteiger partial charge in [0.2, 0.25) is 0 Å². The van der Waals surface area contributed by atoms with Gasteiger partial charge in [-0.1, -0.05) is 11.6 Å². The zero-order valence-corrected chi connectivity index (χ0v) is 14.3. The van der Waals surface area contributed by atoms with Gasteiger partial charge < -0.3 is 10.1 Å². The van der Waals surface area contributed by atoms with Gasteiger partial charge in [-0.05, 0) is 30.3 Å². The van der Waals surface area contributed by atoms with Crippen LogP contribution in [0.4, 0.5) is 36.4 Å². The van der Waals surface area contributed by atoms with Crippen molar-refractivity contribution in [2.45, 2.75) is 18.0 Å². The highest BCUT2D eigenvalue weighted by Gasteiger charge is 2.51. The molecule has 0 saturated carbocycles. The fourth-order valence-electron chi connectivity index (χ4n) is 3.12. The molecule has 1 heterocycles. The van der Waals surface area contributed by atoms with E-state index in [4.69, 9.17) is 16.3 Å². The summed E-state index contributed by atoms with van der Waals surface area (Å²) in [6.45, 7) is -0.705. The maximum absolute atomic E-state index is 15.9. The van der Waals surface area contributed by atoms with Gasteiger partial charge in [0.25, 0.3) is 0 Å². The molecule has 1 aliphatic heterocycles. The van der Waals surface area contributed by atoms with Crippen LogP contribution < -0.4 is 10.1 Å². The van der Waals surface area contributed by atoms with E-state index in [1.165, 1.54) is 19.2 Å². The van der Waals surface area contributed by atoms with E-state index in [1.54, 1.807) is 0 Å². The molecule has 27 heavy (non-hydrogen) atoms. The van der Waals surface area contributed by atoms with Crippen LogP contribution in [0, 0.1) is 0 Å². The van der Waals surface area contributed by atoms with Crippen LogP contribution in [0.2, 0.25) is 5.02 Å². The molecule has 1 N–H and O–H groups in total. The molecule has 0 radical (unpaired) electrons. The fourth-order valence-corrected chi connectivity index (χ4v) is 3.29. The predicted molar refractivity (Wildman–Crippen MR) is 84.8 cm³/mol. The SMILES string of the molecule is COc1ccc(Cl)cc1C1(F)CNc2cc(C(F)(F)F)cc(C(F)(F)F)c21. The van der Waals surface area contributed by atoms with Gasteiger partial charge in [-0.3, -0.25) is 0 Å². The Morgan fingerprint density at radius 1 is 1.04 bits per heavy atom. The Balaban J connectivity index is 2.32. The molecule has 146 valence electrons. The van der Waals surface area contributed by atoms with Crippen molar-refractivity contribution in [1.82, 2.24) is 0 Å². The number of methoxy groups -OCH3 is 1. The fraction of sp³-hybridized carbons (Fsp3) is 0.294. The molecular weight excluding hydrogens is 403 g/mol. The number of alkyl halides is 7. The minimum atomic E-state index is -5.21. The molecule has 0 fully saturated rings. The summed E-state index contributed by atoms with van der Waals surface area (Å²) in [5.74, 6) is -0.0791. The van der Waals surface area contributed by atoms with Gasteiger partial charge in [0.1, 0.15) is 5.75 Å². The molecule has 0 amide bonds. The van der Waals surface area contributed by atoms with Crippen LogP contribution in [0.15, 0.2) is 30.3 Å². The maximum atomic E-state index is 15.9. The zero-order chi connectivity index (χ0) is 20.2. The molecule has 0 spiro atoms. The number of ether oxygens (including phenoxy) is 1. The molecule has 0 aliphatic carbocycles. The lowest BCUT2D eigenvalue weighted by Crippen LogP contribution is -2.28. The first kappa shape index (κ1) is 19.6. The van der Waals surface area contributed by atoms with E-state index in [-0.39, 0.29) is 22.4 Å². The molecule has 0 bridgehead atoms. The van der Waals surface area contributed by atoms with Gasteiger partial charge in [-0.15, -0.1) is 0 Å². The van der Waals surface area contributed by atoms with Crippen molar-refractivity contribution in [3.63, 3.8) is 0 Å². The number of benzene rings is 2. The van der Waals surface area contributed by atoms with E-state index in [9.17, 15) is 26.3 Å². The summed E-state index contributed by atoms with van der Waals surface area (Å²) in [6.07, 6.45) is -10.2. The molecule has 1 unspecified atom stereocenters. The van der Waals surface area contributed by atoms with Crippen molar-refractivity contribution >= 4 is 17.3 Å². The third kappa shape index (κ3) is 3.28. The molecule has 10 heteroatoms. The van der Waals surface area contributed by atoms with Crippen LogP contribution >= 0.6 is 11.6 Å². The van der Waals surface area contributed by atoms with Crippen LogP contribution in [0.25, 0.3) is 0 Å². The van der Waals surface area contributed by atoms with Crippen molar-refractivity contribution in [3.05, 3.63) is 57.6 Å². The second-order valence-electron chi connectivity index (χ2n) is 5.94. The van der Waals surface area contributed by atoms with Crippen LogP contribution in [0.1, 0.15) is 22.3 Å². The third-order valence-electron chi connectivity index (χ3n) is 4.28. The summed E-state index contributed by atoms with van der Waals surface area (Å²) in [4.78, 5) is 0. The molecule has 2 aromatic carbocycles. The van der Waals surface area contributed by atoms with E-state index in [2.05, 4.69) is 5.32 Å². The number of halogens is 8. The third-order valence-corrected chi connectivity index (χ3v) is 4.51. The highest BCUT2D eigenvalue weighted by molar-refractivity contribution is 6.30. The average Bonchev–Trinajstić information content (AvgIpc) is 2.91. The van der Waals surface area contributed by atoms with Gasteiger partial charge >= 0.3 is 12.4 Å². The van der Waals surface area contributed by atoms with E-state index >= 15 is 4.39 Å². The van der Waals surface area contributed by atoms with Gasteiger partial charge in [-0.2, -0.15) is 26.3 Å². The molecule has 2 nitrogen and oxygen atoms in total. The maximum Gasteiger partial charge on any atom is 0.416 e. The van der Waals surface area contributed by atoms with Gasteiger partial charge in [-0.25, -0.2) is 4.39 Å². The normalized spacial score (nSPS) is 19.6. The van der Waals surface area contributed by atoms with Crippen molar-refractivity contribution in [2.75, 3.05) is 19.0 Å². The predicted octanol–water partition coefficient (Wildman–Crippen LogP) is 6.02. The molecular formula is C17H11ClF7NO. The van der Waals surface area contributed by atoms with Crippen molar-refractivity contribution < 1.29 is 35.5 Å². The molecule has 1 aliphatic rings. The van der Waals surface area contributed by atoms with Crippen LogP contribution in [-0.4, -0.2) is 13.7 Å². The molecule has 0 saturated heterocycles. The monoisotopic (exact) mass is 413 g/mol. The second kappa shape index (κ2) is 6.19. The van der Waals surface area contributed by atoms with Crippen LogP contribution in [0.5, 0.6) is 5.75 Å². The topological polar surface area (TPSA) is 21.3 Å². The standard InChI is InChI=1S/C17H11ClF7NO/c1-27-13-3-2-9(18)6-10(13)15(19)7-26-12-5-8(16(20,21)22)4-11(14(12)15)17(23,24)25/h2-6,26H,7H2,1H3. The number of hydrogen-bond donors (Lipinski definition) is 1. The molecule has 3 rings (SSSR count). The second-order valence-corrected chi connectivity index (χ2v) is 6.38. The summed E-state index contributed by atoms with van der Waals surface area (Å²) in [7, 11) is 1.19. The Hall–Kier alpha value is -2.16. The van der Waals surface area contributed by atoms with Gasteiger partial charge in [0.05, 0.1) is 24.8 Å². The summed E-state index contributed by atoms with van der Waals surface area (Å²) < 4.78 is 100. The smallest absolute Gasteiger partial charge is 0.416 e. The first-order chi connectivity index (χ1) is 12.4. The van der Waals surface area contributed by atoms with E-state index in [0.29, 0.717) is 6.07 Å². The largest absolute Gasteiger partial charge is 0.496 e. The van der Waals surface area contributed by atoms with Gasteiger partial charge in [0.15, 0.2) is 5.67 Å². The lowest BCUT2D eigenvalue weighted by Gasteiger charge is -2.26. The van der Waals surface area contributed by atoms with E-state index < -0.39 is 46.9 Å². The number of rotatable bonds is 2. The quantitative estimate of drug-likeness (QED) is 0.607. The Morgan fingerprint density at radius 3 is 2.26 bits per heavy atom. The average molecular weight is 414 g/mol. The first-order valence-electron chi connectivity index (χ1n) is 7.47. The molecule has 2 aromatic rings. The lowest BCUT2D eigenvalue weighted by atomic mass is 9.85. The summed E-state index contributed by atoms with van der Waals surface area (Å²) in [5.41, 5.74) is -7.84. The minimum Gasteiger partial charge on any atom is -0.496 e. The van der Waals surface area contributed by atoms with E-state index in [1.807, 2.05) is 0 Å². The van der Waals surface area contributed by atoms with Crippen molar-refractivity contribution in [1.29, 1.82) is 0 Å². The zero-order valence-electron chi connectivity index (χ0n) is 13.5. The summed E-state index contributed by atoms with van der Waals surface area (Å²) >= 11 is 5.84. The Bertz CT molecular complexity index is 894. The summed E-state index contributed by atoms with van der Waals surface area (Å²) in [6, 6.07) is 4.09. The number of anilines is 1. The number of hydrogen-bond acceptors (Lipinski definition) is 2. The Morgan fingerprint density at radius 2 is 1.70 bits per heavy atom. The number of fused-ring (bicyclic) bond motifs is 1. The highest BCUT2D eigenvalue weighted by atomic mass is 35.5. The van der Waals surface area contributed by atoms with Crippen molar-refractivity contribution in [2.24, 2.45) is 0 Å². The number of nitrogens with one attached hydrogen (secondary N) is 1. The lowest BCUT2D eigenvalue weighted by molar-refractivity contribution is -0.143. The van der Waals surface area contributed by atoms with Crippen molar-refractivity contribution in [3.8, 4) is 5.75 Å². The molecule has 1 atom stereocenters.